The Balaban J connectivity index is 1.70. The van der Waals surface area contributed by atoms with Crippen LogP contribution in [0.4, 0.5) is 0 Å². The summed E-state index contributed by atoms with van der Waals surface area (Å²) in [7, 11) is 0. The molecule has 3 aliphatic heterocycles. The molecule has 0 radical (unpaired) electrons. The Morgan fingerprint density at radius 1 is 0.618 bits per heavy atom. The first-order chi connectivity index (χ1) is 16.1. The summed E-state index contributed by atoms with van der Waals surface area (Å²) in [4.78, 5) is 0. The first kappa shape index (κ1) is 20.0. The molecule has 1 spiro atoms. The average Bonchev–Trinajstić information content (AvgIpc) is 3.26. The van der Waals surface area contributed by atoms with Crippen molar-refractivity contribution in [1.29, 1.82) is 0 Å². The lowest BCUT2D eigenvalue weighted by atomic mass is 9.79. The van der Waals surface area contributed by atoms with E-state index in [-0.39, 0.29) is 10.8 Å². The van der Waals surface area contributed by atoms with Crippen molar-refractivity contribution in [3.63, 3.8) is 0 Å². The second kappa shape index (κ2) is 5.96. The number of aromatic nitrogens is 2. The third kappa shape index (κ3) is 2.23. The van der Waals surface area contributed by atoms with E-state index in [1.54, 1.807) is 0 Å². The van der Waals surface area contributed by atoms with Crippen molar-refractivity contribution < 1.29 is 13.9 Å². The van der Waals surface area contributed by atoms with Crippen molar-refractivity contribution in [1.82, 2.24) is 0 Å². The molecule has 0 saturated heterocycles. The van der Waals surface area contributed by atoms with Gasteiger partial charge in [0.15, 0.2) is 23.5 Å². The van der Waals surface area contributed by atoms with Gasteiger partial charge in [-0.2, -0.15) is 0 Å². The van der Waals surface area contributed by atoms with Gasteiger partial charge in [-0.25, -0.2) is 0 Å². The number of hydrogen-bond donors (Lipinski definition) is 0. The number of pyridine rings is 2. The van der Waals surface area contributed by atoms with Crippen LogP contribution in [0.5, 0.6) is 11.5 Å². The molecule has 0 amide bonds. The lowest BCUT2D eigenvalue weighted by Gasteiger charge is -2.29. The minimum absolute atomic E-state index is 0.0175. The van der Waals surface area contributed by atoms with E-state index in [1.807, 2.05) is 0 Å². The summed E-state index contributed by atoms with van der Waals surface area (Å²) in [6.45, 7) is 13.7. The Hall–Kier alpha value is -3.46. The summed E-state index contributed by atoms with van der Waals surface area (Å²) in [5, 5.41) is 0. The molecule has 34 heavy (non-hydrogen) atoms. The fourth-order valence-electron chi connectivity index (χ4n) is 6.11. The molecule has 0 aliphatic carbocycles. The van der Waals surface area contributed by atoms with Gasteiger partial charge < -0.3 is 4.74 Å². The number of hydrogen-bond acceptors (Lipinski definition) is 1. The van der Waals surface area contributed by atoms with Crippen molar-refractivity contribution in [3.05, 3.63) is 95.3 Å². The van der Waals surface area contributed by atoms with Crippen LogP contribution < -0.4 is 13.9 Å². The smallest absolute Gasteiger partial charge is 0.424 e. The summed E-state index contributed by atoms with van der Waals surface area (Å²) < 4.78 is 11.8. The van der Waals surface area contributed by atoms with Crippen LogP contribution in [-0.2, 0) is 16.5 Å². The molecular formula is C31H30N2O+2. The predicted octanol–water partition coefficient (Wildman–Crippen LogP) is 6.22. The molecule has 4 aromatic rings. The molecular weight excluding hydrogens is 416 g/mol. The van der Waals surface area contributed by atoms with E-state index in [2.05, 4.69) is 124 Å². The van der Waals surface area contributed by atoms with Crippen LogP contribution in [0.25, 0.3) is 22.5 Å². The monoisotopic (exact) mass is 446 g/mol. The molecule has 3 aliphatic rings. The van der Waals surface area contributed by atoms with Crippen molar-refractivity contribution >= 4 is 0 Å². The summed E-state index contributed by atoms with van der Waals surface area (Å²) in [6.07, 6.45) is 4.48. The molecule has 3 nitrogen and oxygen atoms in total. The van der Waals surface area contributed by atoms with E-state index >= 15 is 0 Å². The van der Waals surface area contributed by atoms with E-state index in [4.69, 9.17) is 4.74 Å². The van der Waals surface area contributed by atoms with Crippen molar-refractivity contribution in [2.24, 2.45) is 0 Å². The molecule has 5 heterocycles. The summed E-state index contributed by atoms with van der Waals surface area (Å²) in [6, 6.07) is 22.4. The highest BCUT2D eigenvalue weighted by molar-refractivity contribution is 5.81. The van der Waals surface area contributed by atoms with Gasteiger partial charge in [0.25, 0.3) is 0 Å². The fourth-order valence-corrected chi connectivity index (χ4v) is 6.11. The van der Waals surface area contributed by atoms with E-state index in [0.29, 0.717) is 0 Å². The molecule has 0 unspecified atom stereocenters. The molecule has 2 aromatic heterocycles. The number of benzene rings is 2. The van der Waals surface area contributed by atoms with Crippen molar-refractivity contribution in [2.75, 3.05) is 0 Å². The minimum atomic E-state index is -0.479. The summed E-state index contributed by atoms with van der Waals surface area (Å²) >= 11 is 0. The third-order valence-electron chi connectivity index (χ3n) is 7.82. The Labute approximate surface area is 201 Å². The maximum absolute atomic E-state index is 6.86. The molecule has 0 saturated carbocycles. The van der Waals surface area contributed by atoms with Crippen LogP contribution in [0.1, 0.15) is 63.8 Å². The van der Waals surface area contributed by atoms with Gasteiger partial charge in [0.2, 0.25) is 11.4 Å². The summed E-state index contributed by atoms with van der Waals surface area (Å²) in [5.41, 5.74) is 9.64. The van der Waals surface area contributed by atoms with Crippen molar-refractivity contribution in [3.8, 4) is 34.0 Å². The molecule has 3 heteroatoms. The van der Waals surface area contributed by atoms with Gasteiger partial charge in [0.05, 0.1) is 11.1 Å². The normalized spacial score (nSPS) is 15.8. The largest absolute Gasteiger partial charge is 0.456 e. The quantitative estimate of drug-likeness (QED) is 0.253. The third-order valence-corrected chi connectivity index (χ3v) is 7.82. The molecule has 0 bridgehead atoms. The second-order valence-corrected chi connectivity index (χ2v) is 12.0. The average molecular weight is 447 g/mol. The van der Waals surface area contributed by atoms with Gasteiger partial charge in [0, 0.05) is 24.3 Å². The van der Waals surface area contributed by atoms with Crippen molar-refractivity contribution in [2.45, 2.75) is 58.0 Å². The zero-order valence-electron chi connectivity index (χ0n) is 20.7. The Kier molecular flexibility index (Phi) is 3.50. The lowest BCUT2D eigenvalue weighted by Crippen LogP contribution is -2.71. The zero-order chi connectivity index (χ0) is 23.6. The van der Waals surface area contributed by atoms with Gasteiger partial charge in [-0.15, -0.1) is 9.13 Å². The lowest BCUT2D eigenvalue weighted by molar-refractivity contribution is -0.955. The van der Waals surface area contributed by atoms with Crippen LogP contribution in [-0.4, -0.2) is 0 Å². The highest BCUT2D eigenvalue weighted by Crippen LogP contribution is 2.58. The van der Waals surface area contributed by atoms with Gasteiger partial charge >= 0.3 is 5.66 Å². The molecule has 7 rings (SSSR count). The topological polar surface area (TPSA) is 17.0 Å². The highest BCUT2D eigenvalue weighted by Gasteiger charge is 2.71. The van der Waals surface area contributed by atoms with Gasteiger partial charge in [0.1, 0.15) is 11.5 Å². The molecule has 0 atom stereocenters. The maximum Gasteiger partial charge on any atom is 0.424 e. The SMILES string of the molecule is CC(C)(C)c1cc2c3c(c1)-c1cccc[n+]1C31c3c(cc(C(C)(C)C)cc3-c3cccc[n+]31)O2. The number of rotatable bonds is 0. The number of nitrogens with zero attached hydrogens (tertiary/aromatic N) is 2. The summed E-state index contributed by atoms with van der Waals surface area (Å²) in [5.74, 6) is 1.94. The van der Waals surface area contributed by atoms with Gasteiger partial charge in [-0.3, -0.25) is 0 Å². The van der Waals surface area contributed by atoms with Gasteiger partial charge in [-0.05, 0) is 58.4 Å². The minimum Gasteiger partial charge on any atom is -0.456 e. The molecule has 0 N–H and O–H groups in total. The van der Waals surface area contributed by atoms with E-state index in [1.165, 1.54) is 44.8 Å². The van der Waals surface area contributed by atoms with Crippen LogP contribution >= 0.6 is 0 Å². The van der Waals surface area contributed by atoms with Crippen LogP contribution in [0.3, 0.4) is 0 Å². The molecule has 2 aromatic carbocycles. The highest BCUT2D eigenvalue weighted by atomic mass is 16.5. The van der Waals surface area contributed by atoms with Gasteiger partial charge in [-0.1, -0.05) is 41.5 Å². The van der Waals surface area contributed by atoms with E-state index < -0.39 is 5.66 Å². The van der Waals surface area contributed by atoms with Crippen LogP contribution in [0.15, 0.2) is 73.1 Å². The molecule has 168 valence electrons. The Morgan fingerprint density at radius 2 is 1.06 bits per heavy atom. The second-order valence-electron chi connectivity index (χ2n) is 12.0. The number of fused-ring (bicyclic) bond motifs is 4. The van der Waals surface area contributed by atoms with Crippen LogP contribution in [0.2, 0.25) is 0 Å². The first-order valence-electron chi connectivity index (χ1n) is 12.2. The standard InChI is InChI=1S/C31H30N2O/c1-29(2,3)19-15-21-23-11-7-9-13-32(23)31-27(21)25(17-19)34-26-18-20(30(4,5)6)16-22(28(26)31)24-12-8-10-14-33(24)31/h7-18H,1-6H3/q+2. The van der Waals surface area contributed by atoms with E-state index in [0.717, 1.165) is 11.5 Å². The Bertz CT molecular complexity index is 1430. The first-order valence-corrected chi connectivity index (χ1v) is 12.2. The molecule has 0 fully saturated rings. The van der Waals surface area contributed by atoms with E-state index in [9.17, 15) is 0 Å². The predicted molar refractivity (Wildman–Crippen MR) is 133 cm³/mol. The van der Waals surface area contributed by atoms with Crippen LogP contribution in [0, 0.1) is 0 Å². The maximum atomic E-state index is 6.86. The Morgan fingerprint density at radius 3 is 1.47 bits per heavy atom. The fraction of sp³-hybridized carbons (Fsp3) is 0.290. The number of ether oxygens (including phenoxy) is 1. The zero-order valence-corrected chi connectivity index (χ0v) is 20.7.